The lowest BCUT2D eigenvalue weighted by Crippen LogP contribution is -2.36. The van der Waals surface area contributed by atoms with Gasteiger partial charge in [-0.3, -0.25) is 0 Å². The second-order valence-electron chi connectivity index (χ2n) is 6.10. The fourth-order valence-electron chi connectivity index (χ4n) is 3.59. The van der Waals surface area contributed by atoms with Gasteiger partial charge in [-0.25, -0.2) is 0 Å². The van der Waals surface area contributed by atoms with Gasteiger partial charge in [0.2, 0.25) is 0 Å². The predicted octanol–water partition coefficient (Wildman–Crippen LogP) is 4.51. The van der Waals surface area contributed by atoms with Crippen molar-refractivity contribution in [3.05, 3.63) is 65.7 Å². The molecule has 2 heterocycles. The van der Waals surface area contributed by atoms with E-state index < -0.39 is 5.79 Å². The van der Waals surface area contributed by atoms with E-state index in [0.29, 0.717) is 0 Å². The smallest absolute Gasteiger partial charge is 0.299 e. The molecule has 3 aromatic rings. The number of rotatable bonds is 2. The molecule has 1 atom stereocenters. The highest BCUT2D eigenvalue weighted by Crippen LogP contribution is 2.50. The zero-order valence-corrected chi connectivity index (χ0v) is 13.9. The fraction of sp³-hybridized carbons (Fsp3) is 0.143. The van der Waals surface area contributed by atoms with Crippen molar-refractivity contribution < 1.29 is 18.9 Å². The summed E-state index contributed by atoms with van der Waals surface area (Å²) in [5.41, 5.74) is 1.95. The van der Waals surface area contributed by atoms with Crippen LogP contribution in [0.25, 0.3) is 16.8 Å². The van der Waals surface area contributed by atoms with E-state index in [1.54, 1.807) is 14.2 Å². The van der Waals surface area contributed by atoms with Crippen LogP contribution in [0.4, 0.5) is 0 Å². The van der Waals surface area contributed by atoms with Crippen molar-refractivity contribution in [1.82, 2.24) is 0 Å². The first-order chi connectivity index (χ1) is 12.2. The lowest BCUT2D eigenvalue weighted by atomic mass is 9.96. The first-order valence-corrected chi connectivity index (χ1v) is 8.09. The van der Waals surface area contributed by atoms with Gasteiger partial charge >= 0.3 is 0 Å². The maximum Gasteiger partial charge on any atom is 0.299 e. The van der Waals surface area contributed by atoms with Gasteiger partial charge in [0.05, 0.1) is 19.8 Å². The van der Waals surface area contributed by atoms with Crippen molar-refractivity contribution in [3.8, 4) is 23.0 Å². The molecular weight excluding hydrogens is 316 g/mol. The molecule has 0 aliphatic carbocycles. The summed E-state index contributed by atoms with van der Waals surface area (Å²) in [7, 11) is 3.33. The SMILES string of the molecule is COc1ccc2c(c1)C=C[C@@]1(O2)Oc2cccc3c(OC)ccc1c23. The monoisotopic (exact) mass is 332 g/mol. The molecular formula is C21H16O4. The van der Waals surface area contributed by atoms with Gasteiger partial charge in [-0.05, 0) is 42.5 Å². The Kier molecular flexibility index (Phi) is 2.80. The van der Waals surface area contributed by atoms with E-state index in [1.165, 1.54) is 0 Å². The number of benzene rings is 3. The van der Waals surface area contributed by atoms with Crippen LogP contribution in [0.1, 0.15) is 11.1 Å². The fourth-order valence-corrected chi connectivity index (χ4v) is 3.59. The molecule has 0 aromatic heterocycles. The average molecular weight is 332 g/mol. The van der Waals surface area contributed by atoms with E-state index in [1.807, 2.05) is 60.7 Å². The van der Waals surface area contributed by atoms with E-state index in [9.17, 15) is 0 Å². The summed E-state index contributed by atoms with van der Waals surface area (Å²) in [5.74, 6) is 2.24. The number of fused-ring (bicyclic) bond motifs is 2. The van der Waals surface area contributed by atoms with Crippen LogP contribution in [0, 0.1) is 0 Å². The zero-order chi connectivity index (χ0) is 17.0. The summed E-state index contributed by atoms with van der Waals surface area (Å²) >= 11 is 0. The van der Waals surface area contributed by atoms with E-state index in [0.717, 1.165) is 44.9 Å². The van der Waals surface area contributed by atoms with Gasteiger partial charge in [-0.2, -0.15) is 0 Å². The molecule has 0 N–H and O–H groups in total. The standard InChI is InChI=1S/C21H16O4/c1-22-14-6-8-17-13(12-14)10-11-21(24-17)16-7-9-18(23-2)15-4-3-5-19(25-21)20(15)16/h3-12H,1-2H3/t21-/m1/s1. The van der Waals surface area contributed by atoms with Gasteiger partial charge < -0.3 is 18.9 Å². The molecule has 3 aromatic carbocycles. The second-order valence-corrected chi connectivity index (χ2v) is 6.10. The van der Waals surface area contributed by atoms with Crippen LogP contribution in [-0.4, -0.2) is 14.2 Å². The first kappa shape index (κ1) is 14.2. The van der Waals surface area contributed by atoms with Crippen molar-refractivity contribution >= 4 is 16.8 Å². The third kappa shape index (κ3) is 1.88. The summed E-state index contributed by atoms with van der Waals surface area (Å²) in [6, 6.07) is 15.7. The average Bonchev–Trinajstić information content (AvgIpc) is 2.96. The maximum absolute atomic E-state index is 6.32. The van der Waals surface area contributed by atoms with Crippen LogP contribution in [0.2, 0.25) is 0 Å². The van der Waals surface area contributed by atoms with Gasteiger partial charge in [0.15, 0.2) is 0 Å². The number of hydrogen-bond acceptors (Lipinski definition) is 4. The Balaban J connectivity index is 1.69. The van der Waals surface area contributed by atoms with Gasteiger partial charge in [0, 0.05) is 22.4 Å². The van der Waals surface area contributed by atoms with E-state index in [4.69, 9.17) is 18.9 Å². The molecule has 0 bridgehead atoms. The molecule has 0 fully saturated rings. The number of hydrogen-bond donors (Lipinski definition) is 0. The van der Waals surface area contributed by atoms with Crippen LogP contribution >= 0.6 is 0 Å². The summed E-state index contributed by atoms with van der Waals surface area (Å²) in [6.07, 6.45) is 3.97. The van der Waals surface area contributed by atoms with Gasteiger partial charge in [0.1, 0.15) is 23.0 Å². The number of methoxy groups -OCH3 is 2. The van der Waals surface area contributed by atoms with Crippen molar-refractivity contribution in [2.24, 2.45) is 0 Å². The molecule has 4 nitrogen and oxygen atoms in total. The maximum atomic E-state index is 6.32. The molecule has 124 valence electrons. The number of ether oxygens (including phenoxy) is 4. The van der Waals surface area contributed by atoms with Crippen LogP contribution in [0.15, 0.2) is 54.6 Å². The molecule has 4 heteroatoms. The Hall–Kier alpha value is -3.14. The van der Waals surface area contributed by atoms with Crippen molar-refractivity contribution in [1.29, 1.82) is 0 Å². The van der Waals surface area contributed by atoms with E-state index in [-0.39, 0.29) is 0 Å². The van der Waals surface area contributed by atoms with E-state index >= 15 is 0 Å². The Bertz CT molecular complexity index is 1040. The van der Waals surface area contributed by atoms with Crippen LogP contribution in [0.3, 0.4) is 0 Å². The molecule has 25 heavy (non-hydrogen) atoms. The molecule has 5 rings (SSSR count). The van der Waals surface area contributed by atoms with Gasteiger partial charge in [0.25, 0.3) is 5.79 Å². The molecule has 0 saturated heterocycles. The Morgan fingerprint density at radius 1 is 0.880 bits per heavy atom. The quantitative estimate of drug-likeness (QED) is 0.692. The second kappa shape index (κ2) is 4.93. The van der Waals surface area contributed by atoms with Crippen LogP contribution in [0.5, 0.6) is 23.0 Å². The minimum Gasteiger partial charge on any atom is -0.497 e. The summed E-state index contributed by atoms with van der Waals surface area (Å²) in [6.45, 7) is 0. The van der Waals surface area contributed by atoms with Crippen molar-refractivity contribution in [3.63, 3.8) is 0 Å². The topological polar surface area (TPSA) is 36.9 Å². The lowest BCUT2D eigenvalue weighted by molar-refractivity contribution is -0.0685. The van der Waals surface area contributed by atoms with Crippen LogP contribution in [-0.2, 0) is 5.79 Å². The van der Waals surface area contributed by atoms with Crippen LogP contribution < -0.4 is 18.9 Å². The third-order valence-corrected chi connectivity index (χ3v) is 4.78. The Morgan fingerprint density at radius 3 is 2.60 bits per heavy atom. The highest BCUT2D eigenvalue weighted by molar-refractivity contribution is 5.98. The van der Waals surface area contributed by atoms with Crippen molar-refractivity contribution in [2.45, 2.75) is 5.79 Å². The molecule has 0 amide bonds. The molecule has 0 radical (unpaired) electrons. The highest BCUT2D eigenvalue weighted by atomic mass is 16.7. The predicted molar refractivity (Wildman–Crippen MR) is 95.5 cm³/mol. The third-order valence-electron chi connectivity index (χ3n) is 4.78. The molecule has 1 spiro atoms. The Labute approximate surface area is 145 Å². The first-order valence-electron chi connectivity index (χ1n) is 8.09. The minimum atomic E-state index is -0.949. The van der Waals surface area contributed by atoms with Gasteiger partial charge in [-0.15, -0.1) is 0 Å². The Morgan fingerprint density at radius 2 is 1.76 bits per heavy atom. The molecule has 0 unspecified atom stereocenters. The lowest BCUT2D eigenvalue weighted by Gasteiger charge is -2.31. The molecule has 2 aliphatic heterocycles. The molecule has 0 saturated carbocycles. The largest absolute Gasteiger partial charge is 0.497 e. The summed E-state index contributed by atoms with van der Waals surface area (Å²) in [5, 5.41) is 2.05. The zero-order valence-electron chi connectivity index (χ0n) is 13.9. The van der Waals surface area contributed by atoms with Crippen molar-refractivity contribution in [2.75, 3.05) is 14.2 Å². The summed E-state index contributed by atoms with van der Waals surface area (Å²) in [4.78, 5) is 0. The highest BCUT2D eigenvalue weighted by Gasteiger charge is 2.44. The molecule has 2 aliphatic rings. The normalized spacial score (nSPS) is 19.4. The van der Waals surface area contributed by atoms with E-state index in [2.05, 4.69) is 0 Å². The minimum absolute atomic E-state index is 0.764. The van der Waals surface area contributed by atoms with Gasteiger partial charge in [-0.1, -0.05) is 12.1 Å². The summed E-state index contributed by atoms with van der Waals surface area (Å²) < 4.78 is 23.4.